The van der Waals surface area contributed by atoms with Gasteiger partial charge in [-0.15, -0.1) is 5.10 Å². The first-order valence-electron chi connectivity index (χ1n) is 10.5. The lowest BCUT2D eigenvalue weighted by atomic mass is 9.93. The van der Waals surface area contributed by atoms with Crippen LogP contribution in [0, 0.1) is 17.5 Å². The highest BCUT2D eigenvalue weighted by Gasteiger charge is 2.57. The van der Waals surface area contributed by atoms with Crippen molar-refractivity contribution >= 4 is 11.8 Å². The molecule has 1 aliphatic rings. The number of hydrogen-bond donors (Lipinski definition) is 4. The van der Waals surface area contributed by atoms with E-state index in [1.807, 2.05) is 6.92 Å². The van der Waals surface area contributed by atoms with Gasteiger partial charge in [0, 0.05) is 10.5 Å². The topological polar surface area (TPSA) is 130 Å². The van der Waals surface area contributed by atoms with Crippen molar-refractivity contribution < 1.29 is 43.1 Å². The maximum atomic E-state index is 13.7. The van der Waals surface area contributed by atoms with Crippen molar-refractivity contribution in [2.24, 2.45) is 0 Å². The summed E-state index contributed by atoms with van der Waals surface area (Å²) >= 11 is 1.00. The summed E-state index contributed by atoms with van der Waals surface area (Å²) in [5.74, 6) is -4.00. The fourth-order valence-corrected chi connectivity index (χ4v) is 4.83. The summed E-state index contributed by atoms with van der Waals surface area (Å²) in [4.78, 5) is 0.604. The van der Waals surface area contributed by atoms with Gasteiger partial charge in [-0.3, -0.25) is 0 Å². The van der Waals surface area contributed by atoms with Gasteiger partial charge >= 0.3 is 0 Å². The van der Waals surface area contributed by atoms with E-state index in [4.69, 9.17) is 9.47 Å². The second-order valence-electron chi connectivity index (χ2n) is 7.73. The van der Waals surface area contributed by atoms with Crippen LogP contribution in [0.1, 0.15) is 6.92 Å². The number of hydrogen-bond acceptors (Lipinski definition) is 9. The van der Waals surface area contributed by atoms with Crippen LogP contribution in [-0.2, 0) is 10.5 Å². The zero-order valence-electron chi connectivity index (χ0n) is 18.3. The summed E-state index contributed by atoms with van der Waals surface area (Å²) in [5, 5.41) is 50.3. The zero-order chi connectivity index (χ0) is 25.3. The first-order valence-corrected chi connectivity index (χ1v) is 11.4. The average molecular weight is 513 g/mol. The second kappa shape index (κ2) is 10.1. The van der Waals surface area contributed by atoms with Crippen LogP contribution in [0.3, 0.4) is 0 Å². The number of thioether (sulfide) groups is 1. The molecule has 188 valence electrons. The third kappa shape index (κ3) is 4.75. The van der Waals surface area contributed by atoms with Crippen molar-refractivity contribution in [1.82, 2.24) is 15.0 Å². The molecule has 2 aromatic carbocycles. The Morgan fingerprint density at radius 3 is 2.51 bits per heavy atom. The number of aliphatic hydroxyl groups excluding tert-OH is 3. The van der Waals surface area contributed by atoms with Crippen LogP contribution in [0.2, 0.25) is 0 Å². The molecular weight excluding hydrogens is 491 g/mol. The number of aromatic nitrogens is 3. The van der Waals surface area contributed by atoms with E-state index in [1.165, 1.54) is 0 Å². The molecule has 0 amide bonds. The molecule has 1 aromatic heterocycles. The minimum Gasteiger partial charge on any atom is -0.494 e. The highest BCUT2D eigenvalue weighted by molar-refractivity contribution is 7.99. The molecule has 4 N–H and O–H groups in total. The highest BCUT2D eigenvalue weighted by atomic mass is 32.2. The second-order valence-corrected chi connectivity index (χ2v) is 8.90. The van der Waals surface area contributed by atoms with Crippen molar-refractivity contribution in [1.29, 1.82) is 0 Å². The van der Waals surface area contributed by atoms with Crippen LogP contribution < -0.4 is 4.74 Å². The van der Waals surface area contributed by atoms with Crippen molar-refractivity contribution in [3.63, 3.8) is 0 Å². The molecule has 13 heteroatoms. The van der Waals surface area contributed by atoms with Crippen molar-refractivity contribution in [3.8, 4) is 17.0 Å². The Hall–Kier alpha value is -2.68. The molecular formula is C22H22F3N3O6S. The van der Waals surface area contributed by atoms with Crippen molar-refractivity contribution in [3.05, 3.63) is 60.0 Å². The van der Waals surface area contributed by atoms with Crippen LogP contribution in [-0.4, -0.2) is 72.4 Å². The van der Waals surface area contributed by atoms with E-state index in [1.54, 1.807) is 24.3 Å². The van der Waals surface area contributed by atoms with Gasteiger partial charge in [-0.05, 0) is 37.3 Å². The molecule has 0 bridgehead atoms. The van der Waals surface area contributed by atoms with Crippen LogP contribution in [0.25, 0.3) is 11.3 Å². The standard InChI is InChI=1S/C22H22F3N3O6S/c1-2-33-12-4-3-5-13(8-12)35-21-20(31)22(32,19(30)17(10-29)34-21)28-9-16(26-27-28)11-6-14(23)18(25)15(24)7-11/h3-9,17,19-21,29-32H,2,10H2,1H3/t17-,19+,20+,21-,22+/m1/s1. The Kier molecular flexibility index (Phi) is 7.35. The Morgan fingerprint density at radius 1 is 1.14 bits per heavy atom. The van der Waals surface area contributed by atoms with Gasteiger partial charge in [0.05, 0.1) is 19.4 Å². The molecule has 0 unspecified atom stereocenters. The fourth-order valence-electron chi connectivity index (χ4n) is 3.69. The molecule has 0 radical (unpaired) electrons. The maximum Gasteiger partial charge on any atom is 0.218 e. The number of aliphatic hydroxyl groups is 4. The Balaban J connectivity index is 1.67. The molecule has 4 rings (SSSR count). The van der Waals surface area contributed by atoms with Gasteiger partial charge in [0.2, 0.25) is 5.72 Å². The van der Waals surface area contributed by atoms with Crippen LogP contribution in [0.5, 0.6) is 5.75 Å². The molecule has 9 nitrogen and oxygen atoms in total. The predicted octanol–water partition coefficient (Wildman–Crippen LogP) is 1.64. The van der Waals surface area contributed by atoms with Gasteiger partial charge in [0.25, 0.3) is 0 Å². The maximum absolute atomic E-state index is 13.7. The van der Waals surface area contributed by atoms with E-state index in [2.05, 4.69) is 10.3 Å². The average Bonchev–Trinajstić information content (AvgIpc) is 3.34. The molecule has 1 fully saturated rings. The SMILES string of the molecule is CCOc1cccc(S[C@H]2O[C@H](CO)[C@H](O)[C@@](O)(n3cc(-c4cc(F)c(F)c(F)c4)nn3)[C@H]2O)c1. The molecule has 0 aliphatic carbocycles. The van der Waals surface area contributed by atoms with E-state index in [0.29, 0.717) is 34.1 Å². The van der Waals surface area contributed by atoms with Crippen LogP contribution in [0.4, 0.5) is 13.2 Å². The van der Waals surface area contributed by atoms with E-state index >= 15 is 0 Å². The Bertz CT molecular complexity index is 1180. The summed E-state index contributed by atoms with van der Waals surface area (Å²) < 4.78 is 52.4. The summed E-state index contributed by atoms with van der Waals surface area (Å²) in [6, 6.07) is 8.24. The summed E-state index contributed by atoms with van der Waals surface area (Å²) in [6.45, 7) is 1.55. The largest absolute Gasteiger partial charge is 0.494 e. The van der Waals surface area contributed by atoms with Crippen LogP contribution in [0.15, 0.2) is 47.5 Å². The molecule has 0 saturated carbocycles. The fraction of sp³-hybridized carbons (Fsp3) is 0.364. The van der Waals surface area contributed by atoms with Gasteiger partial charge in [0.15, 0.2) is 17.5 Å². The van der Waals surface area contributed by atoms with Crippen LogP contribution >= 0.6 is 11.8 Å². The van der Waals surface area contributed by atoms with Gasteiger partial charge in [0.1, 0.15) is 35.2 Å². The van der Waals surface area contributed by atoms with Crippen molar-refractivity contribution in [2.45, 2.75) is 41.3 Å². The minimum absolute atomic E-state index is 0.170. The summed E-state index contributed by atoms with van der Waals surface area (Å²) in [6.07, 6.45) is -3.98. The smallest absolute Gasteiger partial charge is 0.218 e. The van der Waals surface area contributed by atoms with Gasteiger partial charge in [-0.25, -0.2) is 17.9 Å². The molecule has 5 atom stereocenters. The third-order valence-electron chi connectivity index (χ3n) is 5.48. The quantitative estimate of drug-likeness (QED) is 0.349. The van der Waals surface area contributed by atoms with Gasteiger partial charge < -0.3 is 29.9 Å². The molecule has 0 spiro atoms. The first kappa shape index (κ1) is 25.4. The lowest BCUT2D eigenvalue weighted by Gasteiger charge is -2.47. The lowest BCUT2D eigenvalue weighted by molar-refractivity contribution is -0.296. The normalized spacial score (nSPS) is 26.6. The van der Waals surface area contributed by atoms with E-state index in [9.17, 15) is 33.6 Å². The lowest BCUT2D eigenvalue weighted by Crippen LogP contribution is -2.67. The highest BCUT2D eigenvalue weighted by Crippen LogP contribution is 2.41. The molecule has 1 saturated heterocycles. The number of halogens is 3. The minimum atomic E-state index is -2.55. The zero-order valence-corrected chi connectivity index (χ0v) is 19.1. The third-order valence-corrected chi connectivity index (χ3v) is 6.61. The Labute approximate surface area is 201 Å². The van der Waals surface area contributed by atoms with E-state index in [0.717, 1.165) is 18.0 Å². The molecule has 1 aliphatic heterocycles. The van der Waals surface area contributed by atoms with Crippen molar-refractivity contribution in [2.75, 3.05) is 13.2 Å². The Morgan fingerprint density at radius 2 is 1.86 bits per heavy atom. The number of nitrogens with zero attached hydrogens (tertiary/aromatic N) is 3. The predicted molar refractivity (Wildman–Crippen MR) is 117 cm³/mol. The molecule has 35 heavy (non-hydrogen) atoms. The monoisotopic (exact) mass is 513 g/mol. The van der Waals surface area contributed by atoms with E-state index < -0.39 is 53.5 Å². The summed E-state index contributed by atoms with van der Waals surface area (Å²) in [5.41, 5.74) is -4.10. The number of rotatable bonds is 7. The molecule has 2 heterocycles. The van der Waals surface area contributed by atoms with Gasteiger partial charge in [-0.2, -0.15) is 0 Å². The number of ether oxygens (including phenoxy) is 2. The molecule has 3 aromatic rings. The van der Waals surface area contributed by atoms with E-state index in [-0.39, 0.29) is 11.3 Å². The number of benzene rings is 2. The first-order chi connectivity index (χ1) is 16.7. The van der Waals surface area contributed by atoms with Gasteiger partial charge in [-0.1, -0.05) is 23.0 Å². The summed E-state index contributed by atoms with van der Waals surface area (Å²) in [7, 11) is 0.